The molecule has 0 bridgehead atoms. The molecule has 0 aliphatic heterocycles. The van der Waals surface area contributed by atoms with E-state index in [2.05, 4.69) is 31.2 Å². The van der Waals surface area contributed by atoms with Gasteiger partial charge in [0.25, 0.3) is 0 Å². The molecule has 11 heavy (non-hydrogen) atoms. The van der Waals surface area contributed by atoms with Crippen molar-refractivity contribution in [3.05, 3.63) is 35.4 Å². The predicted molar refractivity (Wildman–Crippen MR) is 54.6 cm³/mol. The Hall–Kier alpha value is -0.0900. The van der Waals surface area contributed by atoms with Crippen LogP contribution >= 0.6 is 23.0 Å². The Morgan fingerprint density at radius 2 is 1.73 bits per heavy atom. The smallest absolute Gasteiger partial charge is 0.110 e. The molecule has 1 aromatic carbocycles. The Kier molecular flexibility index (Phi) is 3.86. The van der Waals surface area contributed by atoms with E-state index in [1.54, 1.807) is 0 Å². The van der Waals surface area contributed by atoms with Crippen molar-refractivity contribution in [2.75, 3.05) is 0 Å². The Bertz CT molecular complexity index is 205. The number of benzene rings is 1. The van der Waals surface area contributed by atoms with Gasteiger partial charge >= 0.3 is 0 Å². The molecule has 1 rings (SSSR count). The summed E-state index contributed by atoms with van der Waals surface area (Å²) in [5, 5.41) is 0. The fraction of sp³-hybridized carbons (Fsp3) is 0.333. The third-order valence-electron chi connectivity index (χ3n) is 1.65. The molecule has 0 radical (unpaired) electrons. The van der Waals surface area contributed by atoms with E-state index < -0.39 is 0 Å². The van der Waals surface area contributed by atoms with Crippen LogP contribution < -0.4 is 0 Å². The third kappa shape index (κ3) is 2.79. The SMILES string of the molecule is CCc1ccc(COI)cc1. The molecule has 2 heteroatoms. The minimum Gasteiger partial charge on any atom is -0.311 e. The van der Waals surface area contributed by atoms with Crippen LogP contribution in [-0.2, 0) is 16.1 Å². The fourth-order valence-corrected chi connectivity index (χ4v) is 1.29. The molecule has 0 heterocycles. The fourth-order valence-electron chi connectivity index (χ4n) is 0.934. The van der Waals surface area contributed by atoms with Gasteiger partial charge in [0, 0.05) is 0 Å². The van der Waals surface area contributed by atoms with E-state index in [9.17, 15) is 0 Å². The van der Waals surface area contributed by atoms with Crippen LogP contribution in [0.5, 0.6) is 0 Å². The van der Waals surface area contributed by atoms with E-state index in [0.717, 1.165) is 6.42 Å². The highest BCUT2D eigenvalue weighted by atomic mass is 127. The number of hydrogen-bond donors (Lipinski definition) is 0. The van der Waals surface area contributed by atoms with E-state index in [0.29, 0.717) is 6.61 Å². The number of rotatable bonds is 3. The van der Waals surface area contributed by atoms with Gasteiger partial charge < -0.3 is 3.07 Å². The maximum absolute atomic E-state index is 4.97. The lowest BCUT2D eigenvalue weighted by Crippen LogP contribution is -1.84. The van der Waals surface area contributed by atoms with Crippen molar-refractivity contribution in [1.82, 2.24) is 0 Å². The molecule has 1 aromatic rings. The molecule has 0 unspecified atom stereocenters. The van der Waals surface area contributed by atoms with Gasteiger partial charge in [-0.05, 0) is 17.5 Å². The first-order valence-corrected chi connectivity index (χ1v) is 4.56. The summed E-state index contributed by atoms with van der Waals surface area (Å²) in [4.78, 5) is 0. The van der Waals surface area contributed by atoms with Crippen LogP contribution in [-0.4, -0.2) is 0 Å². The first kappa shape index (κ1) is 9.00. The van der Waals surface area contributed by atoms with Crippen molar-refractivity contribution in [1.29, 1.82) is 0 Å². The molecule has 0 aliphatic rings. The topological polar surface area (TPSA) is 9.23 Å². The molecule has 0 spiro atoms. The highest BCUT2D eigenvalue weighted by Gasteiger charge is 1.91. The van der Waals surface area contributed by atoms with Crippen LogP contribution in [0.2, 0.25) is 0 Å². The molecule has 0 saturated heterocycles. The predicted octanol–water partition coefficient (Wildman–Crippen LogP) is 3.12. The van der Waals surface area contributed by atoms with E-state index in [1.807, 2.05) is 23.0 Å². The van der Waals surface area contributed by atoms with Crippen molar-refractivity contribution < 1.29 is 3.07 Å². The zero-order valence-corrected chi connectivity index (χ0v) is 8.67. The molecule has 0 fully saturated rings. The summed E-state index contributed by atoms with van der Waals surface area (Å²) in [6.45, 7) is 2.86. The summed E-state index contributed by atoms with van der Waals surface area (Å²) in [7, 11) is 0. The summed E-state index contributed by atoms with van der Waals surface area (Å²) in [5.74, 6) is 0. The van der Waals surface area contributed by atoms with E-state index in [-0.39, 0.29) is 0 Å². The average molecular weight is 262 g/mol. The number of halogens is 1. The van der Waals surface area contributed by atoms with Gasteiger partial charge in [0.1, 0.15) is 23.0 Å². The zero-order valence-electron chi connectivity index (χ0n) is 6.51. The van der Waals surface area contributed by atoms with Gasteiger partial charge in [-0.3, -0.25) is 0 Å². The van der Waals surface area contributed by atoms with Crippen molar-refractivity contribution in [3.63, 3.8) is 0 Å². The van der Waals surface area contributed by atoms with Crippen molar-refractivity contribution in [3.8, 4) is 0 Å². The van der Waals surface area contributed by atoms with E-state index >= 15 is 0 Å². The number of aryl methyl sites for hydroxylation is 1. The normalized spacial score (nSPS) is 10.0. The van der Waals surface area contributed by atoms with Gasteiger partial charge in [0.2, 0.25) is 0 Å². The quantitative estimate of drug-likeness (QED) is 0.760. The maximum atomic E-state index is 4.97. The average Bonchev–Trinajstić information content (AvgIpc) is 2.07. The molecule has 0 aliphatic carbocycles. The van der Waals surface area contributed by atoms with Crippen LogP contribution in [0, 0.1) is 0 Å². The second kappa shape index (κ2) is 4.72. The molecule has 0 N–H and O–H groups in total. The highest BCUT2D eigenvalue weighted by Crippen LogP contribution is 2.07. The molecule has 0 aromatic heterocycles. The van der Waals surface area contributed by atoms with Crippen molar-refractivity contribution >= 4 is 23.0 Å². The van der Waals surface area contributed by atoms with Gasteiger partial charge in [-0.1, -0.05) is 31.2 Å². The summed E-state index contributed by atoms with van der Waals surface area (Å²) in [6.07, 6.45) is 1.10. The van der Waals surface area contributed by atoms with Gasteiger partial charge in [0.05, 0.1) is 6.61 Å². The molecule has 0 saturated carbocycles. The van der Waals surface area contributed by atoms with Crippen LogP contribution in [0.3, 0.4) is 0 Å². The maximum Gasteiger partial charge on any atom is 0.110 e. The lowest BCUT2D eigenvalue weighted by Gasteiger charge is -1.99. The van der Waals surface area contributed by atoms with Gasteiger partial charge in [0.15, 0.2) is 0 Å². The highest BCUT2D eigenvalue weighted by molar-refractivity contribution is 14.1. The van der Waals surface area contributed by atoms with E-state index in [4.69, 9.17) is 3.07 Å². The molecule has 0 atom stereocenters. The summed E-state index contributed by atoms with van der Waals surface area (Å²) in [6, 6.07) is 8.50. The van der Waals surface area contributed by atoms with Crippen LogP contribution in [0.25, 0.3) is 0 Å². The minimum atomic E-state index is 0.699. The van der Waals surface area contributed by atoms with Crippen molar-refractivity contribution in [2.45, 2.75) is 20.0 Å². The van der Waals surface area contributed by atoms with Crippen LogP contribution in [0.4, 0.5) is 0 Å². The second-order valence-electron chi connectivity index (χ2n) is 2.42. The lowest BCUT2D eigenvalue weighted by atomic mass is 10.1. The minimum absolute atomic E-state index is 0.699. The first-order valence-electron chi connectivity index (χ1n) is 3.68. The first-order chi connectivity index (χ1) is 5.36. The third-order valence-corrected chi connectivity index (χ3v) is 1.96. The summed E-state index contributed by atoms with van der Waals surface area (Å²) >= 11 is 1.91. The molecular formula is C9H11IO. The monoisotopic (exact) mass is 262 g/mol. The molecular weight excluding hydrogens is 251 g/mol. The Morgan fingerprint density at radius 1 is 1.18 bits per heavy atom. The Balaban J connectivity index is 2.66. The Morgan fingerprint density at radius 3 is 2.18 bits per heavy atom. The molecule has 1 nitrogen and oxygen atoms in total. The zero-order chi connectivity index (χ0) is 8.10. The largest absolute Gasteiger partial charge is 0.311 e. The van der Waals surface area contributed by atoms with Gasteiger partial charge in [-0.2, -0.15) is 0 Å². The van der Waals surface area contributed by atoms with Crippen LogP contribution in [0.1, 0.15) is 18.1 Å². The van der Waals surface area contributed by atoms with Crippen LogP contribution in [0.15, 0.2) is 24.3 Å². The van der Waals surface area contributed by atoms with Crippen molar-refractivity contribution in [2.24, 2.45) is 0 Å². The molecule has 0 amide bonds. The number of hydrogen-bond acceptors (Lipinski definition) is 1. The molecule has 60 valence electrons. The standard InChI is InChI=1S/C9H11IO/c1-2-8-3-5-9(6-4-8)7-11-10/h3-6H,2,7H2,1H3. The Labute approximate surface area is 81.5 Å². The van der Waals surface area contributed by atoms with Gasteiger partial charge in [-0.15, -0.1) is 0 Å². The summed E-state index contributed by atoms with van der Waals surface area (Å²) in [5.41, 5.74) is 2.61. The second-order valence-corrected chi connectivity index (χ2v) is 3.05. The summed E-state index contributed by atoms with van der Waals surface area (Å²) < 4.78 is 4.97. The van der Waals surface area contributed by atoms with Gasteiger partial charge in [-0.25, -0.2) is 0 Å². The van der Waals surface area contributed by atoms with E-state index in [1.165, 1.54) is 11.1 Å². The lowest BCUT2D eigenvalue weighted by molar-refractivity contribution is 0.418.